The average molecular weight is 258 g/mol. The molecule has 0 saturated carbocycles. The first-order valence-corrected chi connectivity index (χ1v) is 6.66. The highest BCUT2D eigenvalue weighted by Crippen LogP contribution is 2.38. The van der Waals surface area contributed by atoms with Crippen LogP contribution in [0.2, 0.25) is 0 Å². The maximum absolute atomic E-state index is 10.6. The Labute approximate surface area is 115 Å². The van der Waals surface area contributed by atoms with Gasteiger partial charge in [-0.05, 0) is 29.3 Å². The Bertz CT molecular complexity index is 560. The van der Waals surface area contributed by atoms with Crippen LogP contribution < -0.4 is 0 Å². The SMILES string of the molecule is COC(C)C(C)(C)C(O)c1ccc2ccccc2c1. The molecule has 2 rings (SSSR count). The van der Waals surface area contributed by atoms with Crippen LogP contribution in [0.4, 0.5) is 0 Å². The fourth-order valence-electron chi connectivity index (χ4n) is 2.33. The predicted octanol–water partition coefficient (Wildman–Crippen LogP) is 3.93. The first kappa shape index (κ1) is 14.0. The molecule has 0 fully saturated rings. The Balaban J connectivity index is 2.38. The molecule has 0 bridgehead atoms. The third-order valence-corrected chi connectivity index (χ3v) is 4.20. The van der Waals surface area contributed by atoms with Crippen LogP contribution in [-0.4, -0.2) is 18.3 Å². The molecule has 2 aromatic carbocycles. The Morgan fingerprint density at radius 1 is 1.05 bits per heavy atom. The third kappa shape index (κ3) is 2.65. The molecule has 0 spiro atoms. The van der Waals surface area contributed by atoms with Gasteiger partial charge in [0.05, 0.1) is 12.2 Å². The van der Waals surface area contributed by atoms with Crippen LogP contribution in [0.15, 0.2) is 42.5 Å². The summed E-state index contributed by atoms with van der Waals surface area (Å²) in [5, 5.41) is 13.0. The molecule has 2 atom stereocenters. The Kier molecular flexibility index (Phi) is 3.93. The second-order valence-corrected chi connectivity index (χ2v) is 5.71. The number of fused-ring (bicyclic) bond motifs is 1. The Morgan fingerprint density at radius 3 is 2.32 bits per heavy atom. The van der Waals surface area contributed by atoms with E-state index in [4.69, 9.17) is 4.74 Å². The Morgan fingerprint density at radius 2 is 1.68 bits per heavy atom. The summed E-state index contributed by atoms with van der Waals surface area (Å²) >= 11 is 0. The highest BCUT2D eigenvalue weighted by Gasteiger charge is 2.35. The zero-order valence-corrected chi connectivity index (χ0v) is 12.1. The zero-order chi connectivity index (χ0) is 14.0. The first-order chi connectivity index (χ1) is 8.96. The molecule has 0 saturated heterocycles. The van der Waals surface area contributed by atoms with Crippen LogP contribution in [0, 0.1) is 5.41 Å². The summed E-state index contributed by atoms with van der Waals surface area (Å²) in [6.45, 7) is 6.05. The summed E-state index contributed by atoms with van der Waals surface area (Å²) in [7, 11) is 1.68. The molecule has 19 heavy (non-hydrogen) atoms. The lowest BCUT2D eigenvalue weighted by Crippen LogP contribution is -2.34. The second kappa shape index (κ2) is 5.32. The fourth-order valence-corrected chi connectivity index (χ4v) is 2.33. The molecule has 0 aromatic heterocycles. The van der Waals surface area contributed by atoms with Crippen molar-refractivity contribution >= 4 is 10.8 Å². The van der Waals surface area contributed by atoms with Gasteiger partial charge in [0.2, 0.25) is 0 Å². The Hall–Kier alpha value is -1.38. The number of aliphatic hydroxyl groups excluding tert-OH is 1. The molecule has 0 amide bonds. The van der Waals surface area contributed by atoms with Crippen LogP contribution in [0.1, 0.15) is 32.4 Å². The van der Waals surface area contributed by atoms with Gasteiger partial charge in [0, 0.05) is 12.5 Å². The highest BCUT2D eigenvalue weighted by atomic mass is 16.5. The molecule has 2 aromatic rings. The number of rotatable bonds is 4. The van der Waals surface area contributed by atoms with E-state index in [1.807, 2.05) is 39.0 Å². The number of aliphatic hydroxyl groups is 1. The van der Waals surface area contributed by atoms with Crippen LogP contribution in [0.25, 0.3) is 10.8 Å². The van der Waals surface area contributed by atoms with E-state index in [1.54, 1.807) is 7.11 Å². The first-order valence-electron chi connectivity index (χ1n) is 6.66. The van der Waals surface area contributed by atoms with Gasteiger partial charge in [-0.25, -0.2) is 0 Å². The van der Waals surface area contributed by atoms with Crippen molar-refractivity contribution in [2.24, 2.45) is 5.41 Å². The lowest BCUT2D eigenvalue weighted by molar-refractivity contribution is -0.0602. The van der Waals surface area contributed by atoms with E-state index in [-0.39, 0.29) is 11.5 Å². The lowest BCUT2D eigenvalue weighted by atomic mass is 9.78. The summed E-state index contributed by atoms with van der Waals surface area (Å²) < 4.78 is 5.39. The quantitative estimate of drug-likeness (QED) is 0.900. The zero-order valence-electron chi connectivity index (χ0n) is 12.1. The smallest absolute Gasteiger partial charge is 0.0865 e. The van der Waals surface area contributed by atoms with Crippen molar-refractivity contribution < 1.29 is 9.84 Å². The molecule has 0 radical (unpaired) electrons. The molecule has 2 heteroatoms. The third-order valence-electron chi connectivity index (χ3n) is 4.20. The van der Waals surface area contributed by atoms with Gasteiger partial charge in [-0.3, -0.25) is 0 Å². The summed E-state index contributed by atoms with van der Waals surface area (Å²) in [5.74, 6) is 0. The molecule has 102 valence electrons. The fraction of sp³-hybridized carbons (Fsp3) is 0.412. The van der Waals surface area contributed by atoms with Gasteiger partial charge in [0.25, 0.3) is 0 Å². The van der Waals surface area contributed by atoms with Gasteiger partial charge in [0.15, 0.2) is 0 Å². The van der Waals surface area contributed by atoms with E-state index < -0.39 is 6.10 Å². The van der Waals surface area contributed by atoms with E-state index in [0.717, 1.165) is 10.9 Å². The highest BCUT2D eigenvalue weighted by molar-refractivity contribution is 5.83. The van der Waals surface area contributed by atoms with Crippen molar-refractivity contribution in [1.82, 2.24) is 0 Å². The predicted molar refractivity (Wildman–Crippen MR) is 79.2 cm³/mol. The van der Waals surface area contributed by atoms with Gasteiger partial charge < -0.3 is 9.84 Å². The standard InChI is InChI=1S/C17H22O2/c1-12(19-4)17(2,3)16(18)15-10-9-13-7-5-6-8-14(13)11-15/h5-12,16,18H,1-4H3. The summed E-state index contributed by atoms with van der Waals surface area (Å²) in [6, 6.07) is 14.3. The van der Waals surface area contributed by atoms with Gasteiger partial charge in [-0.2, -0.15) is 0 Å². The average Bonchev–Trinajstić information content (AvgIpc) is 2.44. The van der Waals surface area contributed by atoms with Crippen molar-refractivity contribution in [1.29, 1.82) is 0 Å². The summed E-state index contributed by atoms with van der Waals surface area (Å²) in [5.41, 5.74) is 0.601. The molecular formula is C17H22O2. The van der Waals surface area contributed by atoms with Crippen LogP contribution >= 0.6 is 0 Å². The molecule has 0 aliphatic heterocycles. The van der Waals surface area contributed by atoms with Crippen LogP contribution in [-0.2, 0) is 4.74 Å². The molecule has 1 N–H and O–H groups in total. The van der Waals surface area contributed by atoms with Crippen LogP contribution in [0.5, 0.6) is 0 Å². The molecular weight excluding hydrogens is 236 g/mol. The number of hydrogen-bond acceptors (Lipinski definition) is 2. The van der Waals surface area contributed by atoms with E-state index in [9.17, 15) is 5.11 Å². The minimum atomic E-state index is -0.549. The number of benzene rings is 2. The largest absolute Gasteiger partial charge is 0.388 e. The van der Waals surface area contributed by atoms with Crippen molar-refractivity contribution in [2.75, 3.05) is 7.11 Å². The lowest BCUT2D eigenvalue weighted by Gasteiger charge is -2.35. The van der Waals surface area contributed by atoms with E-state index >= 15 is 0 Å². The van der Waals surface area contributed by atoms with Crippen molar-refractivity contribution in [3.63, 3.8) is 0 Å². The van der Waals surface area contributed by atoms with Crippen molar-refractivity contribution in [2.45, 2.75) is 33.0 Å². The normalized spacial score (nSPS) is 15.4. The van der Waals surface area contributed by atoms with Crippen molar-refractivity contribution in [3.05, 3.63) is 48.0 Å². The topological polar surface area (TPSA) is 29.5 Å². The van der Waals surface area contributed by atoms with E-state index in [2.05, 4.69) is 24.3 Å². The number of hydrogen-bond donors (Lipinski definition) is 1. The monoisotopic (exact) mass is 258 g/mol. The number of methoxy groups -OCH3 is 1. The van der Waals surface area contributed by atoms with Crippen molar-refractivity contribution in [3.8, 4) is 0 Å². The maximum Gasteiger partial charge on any atom is 0.0865 e. The molecule has 0 aliphatic carbocycles. The van der Waals surface area contributed by atoms with E-state index in [0.29, 0.717) is 0 Å². The molecule has 0 heterocycles. The maximum atomic E-state index is 10.6. The van der Waals surface area contributed by atoms with E-state index in [1.165, 1.54) is 5.39 Å². The van der Waals surface area contributed by atoms with Gasteiger partial charge >= 0.3 is 0 Å². The minimum absolute atomic E-state index is 0.0195. The summed E-state index contributed by atoms with van der Waals surface area (Å²) in [6.07, 6.45) is -0.568. The van der Waals surface area contributed by atoms with Gasteiger partial charge in [0.1, 0.15) is 0 Å². The van der Waals surface area contributed by atoms with Gasteiger partial charge in [-0.15, -0.1) is 0 Å². The molecule has 2 unspecified atom stereocenters. The number of ether oxygens (including phenoxy) is 1. The molecule has 2 nitrogen and oxygen atoms in total. The summed E-state index contributed by atoms with van der Waals surface area (Å²) in [4.78, 5) is 0. The van der Waals surface area contributed by atoms with Gasteiger partial charge in [-0.1, -0.05) is 50.2 Å². The second-order valence-electron chi connectivity index (χ2n) is 5.71. The van der Waals surface area contributed by atoms with Crippen LogP contribution in [0.3, 0.4) is 0 Å². The molecule has 0 aliphatic rings. The minimum Gasteiger partial charge on any atom is -0.388 e.